The van der Waals surface area contributed by atoms with Crippen LogP contribution in [0.2, 0.25) is 6.04 Å². The van der Waals surface area contributed by atoms with Crippen molar-refractivity contribution in [2.75, 3.05) is 0 Å². The molecular weight excluding hydrogens is 1110 g/mol. The van der Waals surface area contributed by atoms with Gasteiger partial charge in [0.15, 0.2) is 0 Å². The Kier molecular flexibility index (Phi) is 18.3. The summed E-state index contributed by atoms with van der Waals surface area (Å²) in [6, 6.07) is 22.2. The van der Waals surface area contributed by atoms with Gasteiger partial charge in [-0.25, -0.2) is 0 Å². The van der Waals surface area contributed by atoms with Gasteiger partial charge in [0, 0.05) is 72.3 Å². The minimum atomic E-state index is -1.73. The summed E-state index contributed by atoms with van der Waals surface area (Å²) < 4.78 is 20.2. The lowest BCUT2D eigenvalue weighted by atomic mass is 9.84. The number of pyridine rings is 2. The molecule has 11 heterocycles. The number of thiophene rings is 6. The quantitative estimate of drug-likeness (QED) is 0.0377. The third kappa shape index (κ3) is 11.5. The van der Waals surface area contributed by atoms with E-state index >= 15 is 0 Å². The molecule has 11 rings (SSSR count). The van der Waals surface area contributed by atoms with E-state index in [2.05, 4.69) is 115 Å². The molecule has 0 N–H and O–H groups in total. The molecule has 1 aliphatic heterocycles. The van der Waals surface area contributed by atoms with Crippen molar-refractivity contribution in [3.63, 3.8) is 0 Å². The summed E-state index contributed by atoms with van der Waals surface area (Å²) in [6.45, 7) is 16.7. The molecular formula is C62H72N6S8Si. The number of hydrogen-bond acceptors (Lipinski definition) is 14. The molecule has 0 amide bonds. The second-order valence-electron chi connectivity index (χ2n) is 21.5. The van der Waals surface area contributed by atoms with E-state index in [4.69, 9.17) is 27.5 Å². The summed E-state index contributed by atoms with van der Waals surface area (Å²) in [4.78, 5) is 26.8. The standard InChI is InChI=1S/C62H72N6S8Si/c1-8-13-17-19-23-40-25-27-44(69-40)46-29-31-48(71-46)55-57-53(65-75-67-57)42(34-63-55)50-33-51-60(73-50)61-62(77(51)36-39(12-5)22-16-11-4)52(38(7)37(6)21-15-10-3)59(74-61)43-35-64-56(58-54(43)66-76-68-58)49-32-30-47(72-49)45-28-26-41(70-45)24-20-18-14-9-2/h25-35,37-39,77H,8-24,36H2,1-7H3. The summed E-state index contributed by atoms with van der Waals surface area (Å²) in [5, 5.41) is 3.34. The second kappa shape index (κ2) is 25.4. The third-order valence-electron chi connectivity index (χ3n) is 16.2. The van der Waals surface area contributed by atoms with E-state index in [1.165, 1.54) is 187 Å². The lowest BCUT2D eigenvalue weighted by Crippen LogP contribution is -2.41. The predicted molar refractivity (Wildman–Crippen MR) is 347 cm³/mol. The molecule has 10 aromatic heterocycles. The summed E-state index contributed by atoms with van der Waals surface area (Å²) in [5.74, 6) is 1.64. The molecule has 15 heteroatoms. The van der Waals surface area contributed by atoms with Crippen LogP contribution in [-0.4, -0.2) is 36.3 Å². The maximum atomic E-state index is 5.38. The molecule has 77 heavy (non-hydrogen) atoms. The molecule has 0 spiro atoms. The molecule has 6 nitrogen and oxygen atoms in total. The fourth-order valence-corrected chi connectivity index (χ4v) is 25.3. The minimum Gasteiger partial charge on any atom is -0.252 e. The smallest absolute Gasteiger partial charge is 0.132 e. The molecule has 0 fully saturated rings. The summed E-state index contributed by atoms with van der Waals surface area (Å²) in [6.07, 6.45) is 25.7. The second-order valence-corrected chi connectivity index (χ2v) is 32.0. The molecule has 0 aromatic carbocycles. The van der Waals surface area contributed by atoms with Crippen molar-refractivity contribution in [2.24, 2.45) is 11.8 Å². The lowest BCUT2D eigenvalue weighted by molar-refractivity contribution is 0.439. The zero-order valence-electron chi connectivity index (χ0n) is 45.8. The van der Waals surface area contributed by atoms with Crippen LogP contribution in [0, 0.1) is 11.8 Å². The highest BCUT2D eigenvalue weighted by Gasteiger charge is 2.41. The van der Waals surface area contributed by atoms with Crippen molar-refractivity contribution in [1.82, 2.24) is 27.5 Å². The first-order chi connectivity index (χ1) is 37.8. The van der Waals surface area contributed by atoms with Crippen LogP contribution in [0.3, 0.4) is 0 Å². The van der Waals surface area contributed by atoms with Gasteiger partial charge in [0.1, 0.15) is 42.3 Å². The minimum absolute atomic E-state index is 0.395. The van der Waals surface area contributed by atoms with Crippen LogP contribution >= 0.6 is 91.5 Å². The van der Waals surface area contributed by atoms with Gasteiger partial charge < -0.3 is 0 Å². The van der Waals surface area contributed by atoms with E-state index in [9.17, 15) is 0 Å². The normalized spacial score (nSPS) is 14.6. The first-order valence-electron chi connectivity index (χ1n) is 28.7. The van der Waals surface area contributed by atoms with Crippen LogP contribution in [0.25, 0.3) is 93.4 Å². The molecule has 10 aromatic rings. The lowest BCUT2D eigenvalue weighted by Gasteiger charge is -2.26. The Labute approximate surface area is 490 Å². The summed E-state index contributed by atoms with van der Waals surface area (Å²) >= 11 is 14.2. The van der Waals surface area contributed by atoms with Gasteiger partial charge in [-0.15, -0.1) is 68.0 Å². The number of unbranched alkanes of at least 4 members (excludes halogenated alkanes) is 8. The SMILES string of the molecule is CCCCCCc1ccc(-c2ccc(-c3ncc(-c4cc5c(s4)-c4sc(-c6cnc(-c7ccc(-c8ccc(CCCCCC)s8)s7)c7nsnc67)c(C(C)C(C)CCCC)c4[SiH]5CC(CC)CCCC)c4nsnc34)s2)s1. The van der Waals surface area contributed by atoms with E-state index in [0.29, 0.717) is 17.8 Å². The average molecular weight is 1190 g/mol. The average Bonchev–Trinajstić information content (AvgIpc) is 4.38. The summed E-state index contributed by atoms with van der Waals surface area (Å²) in [5.41, 5.74) is 9.55. The molecule has 4 unspecified atom stereocenters. The van der Waals surface area contributed by atoms with Gasteiger partial charge in [-0.05, 0) is 120 Å². The van der Waals surface area contributed by atoms with Gasteiger partial charge in [0.05, 0.1) is 33.2 Å². The number of hydrogen-bond donors (Lipinski definition) is 0. The fourth-order valence-electron chi connectivity index (χ4n) is 11.6. The Balaban J connectivity index is 0.969. The largest absolute Gasteiger partial charge is 0.252 e. The van der Waals surface area contributed by atoms with Crippen molar-refractivity contribution in [2.45, 2.75) is 170 Å². The Hall–Kier alpha value is -3.64. The number of nitrogens with zero attached hydrogens (tertiary/aromatic N) is 6. The number of aromatic nitrogens is 6. The highest BCUT2D eigenvalue weighted by Crippen LogP contribution is 2.51. The predicted octanol–water partition coefficient (Wildman–Crippen LogP) is 20.6. The van der Waals surface area contributed by atoms with Gasteiger partial charge in [0.2, 0.25) is 0 Å². The highest BCUT2D eigenvalue weighted by atomic mass is 32.1. The Morgan fingerprint density at radius 1 is 0.468 bits per heavy atom. The maximum absolute atomic E-state index is 5.38. The maximum Gasteiger partial charge on any atom is 0.132 e. The number of aryl methyl sites for hydroxylation is 2. The monoisotopic (exact) mass is 1180 g/mol. The molecule has 0 radical (unpaired) electrons. The zero-order chi connectivity index (χ0) is 53.0. The van der Waals surface area contributed by atoms with Crippen molar-refractivity contribution < 1.29 is 0 Å². The molecule has 0 bridgehead atoms. The van der Waals surface area contributed by atoms with Crippen molar-refractivity contribution in [1.29, 1.82) is 0 Å². The van der Waals surface area contributed by atoms with E-state index in [1.54, 1.807) is 15.9 Å². The number of rotatable bonds is 27. The Morgan fingerprint density at radius 3 is 1.57 bits per heavy atom. The molecule has 0 saturated carbocycles. The molecule has 4 atom stereocenters. The van der Waals surface area contributed by atoms with E-state index in [0.717, 1.165) is 54.3 Å². The fraction of sp³-hybridized carbons (Fsp3) is 0.452. The van der Waals surface area contributed by atoms with E-state index < -0.39 is 8.80 Å². The Morgan fingerprint density at radius 2 is 0.987 bits per heavy atom. The molecule has 0 saturated heterocycles. The van der Waals surface area contributed by atoms with Gasteiger partial charge in [-0.2, -0.15) is 17.5 Å². The van der Waals surface area contributed by atoms with Crippen LogP contribution in [0.5, 0.6) is 0 Å². The Bertz CT molecular complexity index is 3560. The number of fused-ring (bicyclic) bond motifs is 5. The molecule has 1 aliphatic rings. The molecule has 0 aliphatic carbocycles. The van der Waals surface area contributed by atoms with Crippen LogP contribution in [0.15, 0.2) is 67.0 Å². The van der Waals surface area contributed by atoms with Crippen LogP contribution in [-0.2, 0) is 12.8 Å². The molecule has 402 valence electrons. The van der Waals surface area contributed by atoms with Gasteiger partial charge in [-0.3, -0.25) is 9.97 Å². The van der Waals surface area contributed by atoms with Crippen LogP contribution in [0.1, 0.15) is 166 Å². The highest BCUT2D eigenvalue weighted by molar-refractivity contribution is 7.30. The van der Waals surface area contributed by atoms with Gasteiger partial charge >= 0.3 is 0 Å². The van der Waals surface area contributed by atoms with E-state index in [-0.39, 0.29) is 0 Å². The van der Waals surface area contributed by atoms with Crippen LogP contribution in [0.4, 0.5) is 0 Å². The van der Waals surface area contributed by atoms with Crippen molar-refractivity contribution in [3.8, 4) is 71.3 Å². The first-order valence-corrected chi connectivity index (χ1v) is 37.1. The summed E-state index contributed by atoms with van der Waals surface area (Å²) in [7, 11) is -1.73. The van der Waals surface area contributed by atoms with Crippen molar-refractivity contribution >= 4 is 133 Å². The van der Waals surface area contributed by atoms with Gasteiger partial charge in [0.25, 0.3) is 0 Å². The van der Waals surface area contributed by atoms with Crippen LogP contribution < -0.4 is 10.4 Å². The third-order valence-corrected chi connectivity index (χ3v) is 28.8. The van der Waals surface area contributed by atoms with Crippen molar-refractivity contribution in [3.05, 3.63) is 82.3 Å². The topological polar surface area (TPSA) is 77.3 Å². The first kappa shape index (κ1) is 55.3. The zero-order valence-corrected chi connectivity index (χ0v) is 53.5. The van der Waals surface area contributed by atoms with E-state index in [1.807, 2.05) is 68.0 Å². The van der Waals surface area contributed by atoms with Gasteiger partial charge in [-0.1, -0.05) is 132 Å².